The number of pyridine rings is 1. The van der Waals surface area contributed by atoms with E-state index in [0.717, 1.165) is 5.06 Å². The van der Waals surface area contributed by atoms with Crippen molar-refractivity contribution in [2.24, 2.45) is 0 Å². The smallest absolute Gasteiger partial charge is 0.224 e. The topological polar surface area (TPSA) is 62.1 Å². The van der Waals surface area contributed by atoms with Crippen LogP contribution in [0.25, 0.3) is 0 Å². The highest BCUT2D eigenvalue weighted by Crippen LogP contribution is 2.35. The SMILES string of the molecule is CC(C)Sc1ncccc1N(O)c1nc(Cl)ncc1Cl. The van der Waals surface area contributed by atoms with E-state index < -0.39 is 0 Å². The molecule has 0 bridgehead atoms. The zero-order valence-corrected chi connectivity index (χ0v) is 13.1. The third-order valence-electron chi connectivity index (χ3n) is 2.22. The van der Waals surface area contributed by atoms with Crippen LogP contribution in [0.4, 0.5) is 11.5 Å². The largest absolute Gasteiger partial charge is 0.282 e. The quantitative estimate of drug-likeness (QED) is 0.514. The zero-order chi connectivity index (χ0) is 14.7. The average Bonchev–Trinajstić information content (AvgIpc) is 2.41. The van der Waals surface area contributed by atoms with Crippen molar-refractivity contribution >= 4 is 46.5 Å². The molecule has 2 aromatic rings. The number of aromatic nitrogens is 3. The highest BCUT2D eigenvalue weighted by molar-refractivity contribution is 7.99. The van der Waals surface area contributed by atoms with Gasteiger partial charge in [0.2, 0.25) is 5.28 Å². The second kappa shape index (κ2) is 6.58. The fraction of sp³-hybridized carbons (Fsp3) is 0.250. The minimum Gasteiger partial charge on any atom is -0.282 e. The molecular weight excluding hydrogens is 319 g/mol. The molecular formula is C12H12Cl2N4OS. The number of anilines is 2. The van der Waals surface area contributed by atoms with Crippen LogP contribution in [0.5, 0.6) is 0 Å². The molecule has 2 rings (SSSR count). The van der Waals surface area contributed by atoms with E-state index in [1.54, 1.807) is 18.3 Å². The Hall–Kier alpha value is -1.08. The fourth-order valence-corrected chi connectivity index (χ4v) is 2.60. The van der Waals surface area contributed by atoms with Crippen LogP contribution in [0.1, 0.15) is 13.8 Å². The van der Waals surface area contributed by atoms with Gasteiger partial charge < -0.3 is 0 Å². The van der Waals surface area contributed by atoms with Crippen molar-refractivity contribution < 1.29 is 5.21 Å². The molecule has 0 aromatic carbocycles. The molecule has 2 heterocycles. The fourth-order valence-electron chi connectivity index (χ4n) is 1.46. The molecule has 106 valence electrons. The number of hydrogen-bond acceptors (Lipinski definition) is 6. The molecule has 0 radical (unpaired) electrons. The molecule has 1 N–H and O–H groups in total. The van der Waals surface area contributed by atoms with E-state index in [2.05, 4.69) is 15.0 Å². The van der Waals surface area contributed by atoms with E-state index in [-0.39, 0.29) is 16.1 Å². The Morgan fingerprint density at radius 2 is 2.05 bits per heavy atom. The van der Waals surface area contributed by atoms with Crippen molar-refractivity contribution in [2.75, 3.05) is 5.06 Å². The van der Waals surface area contributed by atoms with Crippen molar-refractivity contribution in [3.8, 4) is 0 Å². The Morgan fingerprint density at radius 1 is 1.30 bits per heavy atom. The lowest BCUT2D eigenvalue weighted by atomic mass is 10.4. The summed E-state index contributed by atoms with van der Waals surface area (Å²) in [6, 6.07) is 3.45. The van der Waals surface area contributed by atoms with Crippen LogP contribution in [0.15, 0.2) is 29.6 Å². The summed E-state index contributed by atoms with van der Waals surface area (Å²) in [4.78, 5) is 11.9. The molecule has 5 nitrogen and oxygen atoms in total. The second-order valence-corrected chi connectivity index (χ2v) is 6.43. The number of hydrogen-bond donors (Lipinski definition) is 1. The van der Waals surface area contributed by atoms with E-state index in [9.17, 15) is 5.21 Å². The molecule has 0 unspecified atom stereocenters. The van der Waals surface area contributed by atoms with Crippen molar-refractivity contribution in [3.05, 3.63) is 34.8 Å². The molecule has 2 aromatic heterocycles. The molecule has 0 amide bonds. The molecule has 0 spiro atoms. The minimum absolute atomic E-state index is 0.00500. The highest BCUT2D eigenvalue weighted by atomic mass is 35.5. The van der Waals surface area contributed by atoms with Gasteiger partial charge in [0.25, 0.3) is 0 Å². The van der Waals surface area contributed by atoms with Crippen molar-refractivity contribution in [2.45, 2.75) is 24.1 Å². The molecule has 8 heteroatoms. The molecule has 0 saturated heterocycles. The minimum atomic E-state index is 0.00500. The van der Waals surface area contributed by atoms with Crippen LogP contribution < -0.4 is 5.06 Å². The van der Waals surface area contributed by atoms with Gasteiger partial charge in [0.15, 0.2) is 5.82 Å². The number of rotatable bonds is 4. The lowest BCUT2D eigenvalue weighted by molar-refractivity contribution is 0.295. The third-order valence-corrected chi connectivity index (χ3v) is 3.68. The Kier molecular flexibility index (Phi) is 5.04. The lowest BCUT2D eigenvalue weighted by Gasteiger charge is -2.19. The number of halogens is 2. The Labute approximate surface area is 130 Å². The molecule has 0 fully saturated rings. The summed E-state index contributed by atoms with van der Waals surface area (Å²) in [5, 5.41) is 12.4. The summed E-state index contributed by atoms with van der Waals surface area (Å²) in [5.41, 5.74) is 0.489. The predicted octanol–water partition coefficient (Wildman–Crippen LogP) is 4.21. The predicted molar refractivity (Wildman–Crippen MR) is 81.2 cm³/mol. The average molecular weight is 331 g/mol. The van der Waals surface area contributed by atoms with Crippen LogP contribution in [0.3, 0.4) is 0 Å². The summed E-state index contributed by atoms with van der Waals surface area (Å²) in [5.74, 6) is 0.116. The maximum atomic E-state index is 10.3. The summed E-state index contributed by atoms with van der Waals surface area (Å²) in [7, 11) is 0. The van der Waals surface area contributed by atoms with Gasteiger partial charge in [0.1, 0.15) is 15.7 Å². The molecule has 20 heavy (non-hydrogen) atoms. The van der Waals surface area contributed by atoms with Gasteiger partial charge in [-0.1, -0.05) is 25.4 Å². The van der Waals surface area contributed by atoms with Crippen molar-refractivity contribution in [3.63, 3.8) is 0 Å². The van der Waals surface area contributed by atoms with Crippen molar-refractivity contribution in [1.29, 1.82) is 0 Å². The molecule has 0 aliphatic heterocycles. The number of nitrogens with zero attached hydrogens (tertiary/aromatic N) is 4. The van der Waals surface area contributed by atoms with E-state index in [1.807, 2.05) is 13.8 Å². The lowest BCUT2D eigenvalue weighted by Crippen LogP contribution is -2.15. The highest BCUT2D eigenvalue weighted by Gasteiger charge is 2.18. The van der Waals surface area contributed by atoms with Crippen LogP contribution >= 0.6 is 35.0 Å². The molecule has 0 saturated carbocycles. The van der Waals surface area contributed by atoms with Gasteiger partial charge in [0.05, 0.1) is 6.20 Å². The monoisotopic (exact) mass is 330 g/mol. The van der Waals surface area contributed by atoms with Gasteiger partial charge in [-0.15, -0.1) is 11.8 Å². The van der Waals surface area contributed by atoms with Crippen molar-refractivity contribution in [1.82, 2.24) is 15.0 Å². The summed E-state index contributed by atoms with van der Waals surface area (Å²) in [6.07, 6.45) is 3.00. The summed E-state index contributed by atoms with van der Waals surface area (Å²) in [6.45, 7) is 4.08. The molecule has 0 atom stereocenters. The standard InChI is InChI=1S/C12H12Cl2N4OS/c1-7(2)20-11-9(4-3-5-15-11)18(19)10-8(13)6-16-12(14)17-10/h3-7,19H,1-2H3. The first-order chi connectivity index (χ1) is 9.49. The van der Waals surface area contributed by atoms with E-state index in [1.165, 1.54) is 18.0 Å². The Morgan fingerprint density at radius 3 is 2.75 bits per heavy atom. The van der Waals surface area contributed by atoms with E-state index in [4.69, 9.17) is 23.2 Å². The molecule has 0 aliphatic carbocycles. The Bertz CT molecular complexity index is 612. The normalized spacial score (nSPS) is 10.9. The van der Waals surface area contributed by atoms with Gasteiger partial charge in [-0.25, -0.2) is 15.0 Å². The first-order valence-electron chi connectivity index (χ1n) is 5.77. The molecule has 0 aliphatic rings. The maximum absolute atomic E-state index is 10.3. The van der Waals surface area contributed by atoms with Crippen LogP contribution in [-0.4, -0.2) is 25.4 Å². The maximum Gasteiger partial charge on any atom is 0.224 e. The van der Waals surface area contributed by atoms with Gasteiger partial charge in [-0.3, -0.25) is 5.21 Å². The third kappa shape index (κ3) is 3.52. The zero-order valence-electron chi connectivity index (χ0n) is 10.8. The number of thioether (sulfide) groups is 1. The van der Waals surface area contributed by atoms with E-state index in [0.29, 0.717) is 16.0 Å². The van der Waals surface area contributed by atoms with Gasteiger partial charge in [-0.2, -0.15) is 4.98 Å². The first-order valence-corrected chi connectivity index (χ1v) is 7.41. The van der Waals surface area contributed by atoms with Gasteiger partial charge >= 0.3 is 0 Å². The van der Waals surface area contributed by atoms with Crippen LogP contribution in [-0.2, 0) is 0 Å². The Balaban J connectivity index is 2.42. The van der Waals surface area contributed by atoms with Gasteiger partial charge in [0, 0.05) is 11.4 Å². The van der Waals surface area contributed by atoms with Crippen LogP contribution in [0.2, 0.25) is 10.3 Å². The summed E-state index contributed by atoms with van der Waals surface area (Å²) >= 11 is 13.2. The van der Waals surface area contributed by atoms with Crippen LogP contribution in [0, 0.1) is 0 Å². The second-order valence-electron chi connectivity index (χ2n) is 4.12. The summed E-state index contributed by atoms with van der Waals surface area (Å²) < 4.78 is 0. The van der Waals surface area contributed by atoms with Gasteiger partial charge in [-0.05, 0) is 23.7 Å². The first kappa shape index (κ1) is 15.3. The van der Waals surface area contributed by atoms with E-state index >= 15 is 0 Å².